The first-order chi connectivity index (χ1) is 13.1. The summed E-state index contributed by atoms with van der Waals surface area (Å²) in [6, 6.07) is 7.33. The Labute approximate surface area is 164 Å². The summed E-state index contributed by atoms with van der Waals surface area (Å²) in [6.07, 6.45) is 3.30. The molecule has 0 unspecified atom stereocenters. The molecular weight excluding hydrogens is 354 g/mol. The second-order valence-corrected chi connectivity index (χ2v) is 7.78. The minimum atomic E-state index is -0.204. The van der Waals surface area contributed by atoms with Gasteiger partial charge in [0, 0.05) is 41.0 Å². The van der Waals surface area contributed by atoms with Crippen molar-refractivity contribution < 1.29 is 9.32 Å². The Bertz CT molecular complexity index is 1020. The minimum Gasteiger partial charge on any atom is -0.338 e. The van der Waals surface area contributed by atoms with E-state index < -0.39 is 0 Å². The maximum atomic E-state index is 12.2. The van der Waals surface area contributed by atoms with E-state index in [0.717, 1.165) is 22.5 Å². The molecule has 0 aliphatic heterocycles. The summed E-state index contributed by atoms with van der Waals surface area (Å²) >= 11 is 0. The number of carbonyl (C=O) groups is 1. The second-order valence-electron chi connectivity index (χ2n) is 7.78. The molecule has 146 valence electrons. The Morgan fingerprint density at radius 3 is 2.39 bits per heavy atom. The van der Waals surface area contributed by atoms with Crippen molar-refractivity contribution in [3.63, 3.8) is 0 Å². The van der Waals surface area contributed by atoms with Crippen molar-refractivity contribution in [1.82, 2.24) is 19.9 Å². The summed E-state index contributed by atoms with van der Waals surface area (Å²) in [5.41, 5.74) is 4.19. The predicted molar refractivity (Wildman–Crippen MR) is 109 cm³/mol. The highest BCUT2D eigenvalue weighted by atomic mass is 16.5. The van der Waals surface area contributed by atoms with Gasteiger partial charge in [-0.1, -0.05) is 25.9 Å². The van der Waals surface area contributed by atoms with Gasteiger partial charge in [-0.3, -0.25) is 9.48 Å². The van der Waals surface area contributed by atoms with E-state index in [1.54, 1.807) is 10.8 Å². The molecule has 2 aromatic heterocycles. The molecule has 0 bridgehead atoms. The molecule has 3 aromatic rings. The fourth-order valence-corrected chi connectivity index (χ4v) is 2.72. The van der Waals surface area contributed by atoms with Crippen LogP contribution < -0.4 is 5.32 Å². The number of aromatic nitrogens is 4. The zero-order valence-electron chi connectivity index (χ0n) is 17.1. The Morgan fingerprint density at radius 2 is 1.86 bits per heavy atom. The van der Waals surface area contributed by atoms with Gasteiger partial charge in [-0.2, -0.15) is 10.1 Å². The van der Waals surface area contributed by atoms with Crippen LogP contribution in [0, 0.1) is 13.8 Å². The van der Waals surface area contributed by atoms with Crippen molar-refractivity contribution in [3.05, 3.63) is 53.2 Å². The fourth-order valence-electron chi connectivity index (χ4n) is 2.72. The van der Waals surface area contributed by atoms with Gasteiger partial charge in [0.15, 0.2) is 0 Å². The van der Waals surface area contributed by atoms with Crippen molar-refractivity contribution >= 4 is 17.7 Å². The summed E-state index contributed by atoms with van der Waals surface area (Å²) < 4.78 is 7.13. The predicted octanol–water partition coefficient (Wildman–Crippen LogP) is 4.04. The van der Waals surface area contributed by atoms with E-state index in [-0.39, 0.29) is 11.3 Å². The summed E-state index contributed by atoms with van der Waals surface area (Å²) in [4.78, 5) is 16.7. The van der Waals surface area contributed by atoms with Crippen LogP contribution >= 0.6 is 0 Å². The Hall–Kier alpha value is -3.22. The molecule has 3 rings (SSSR count). The van der Waals surface area contributed by atoms with Gasteiger partial charge in [0.1, 0.15) is 0 Å². The van der Waals surface area contributed by atoms with E-state index in [0.29, 0.717) is 17.4 Å². The lowest BCUT2D eigenvalue weighted by molar-refractivity contribution is -0.111. The van der Waals surface area contributed by atoms with Gasteiger partial charge in [-0.05, 0) is 44.2 Å². The maximum Gasteiger partial charge on any atom is 0.248 e. The van der Waals surface area contributed by atoms with E-state index in [1.807, 2.05) is 65.9 Å². The Kier molecular flexibility index (Phi) is 5.18. The number of rotatable bonds is 4. The third-order valence-corrected chi connectivity index (χ3v) is 4.44. The van der Waals surface area contributed by atoms with Crippen LogP contribution in [0.15, 0.2) is 34.9 Å². The van der Waals surface area contributed by atoms with Crippen molar-refractivity contribution in [1.29, 1.82) is 0 Å². The van der Waals surface area contributed by atoms with Gasteiger partial charge in [0.05, 0.1) is 5.69 Å². The topological polar surface area (TPSA) is 85.8 Å². The van der Waals surface area contributed by atoms with Crippen molar-refractivity contribution in [3.8, 4) is 11.4 Å². The van der Waals surface area contributed by atoms with Gasteiger partial charge in [0.25, 0.3) is 0 Å². The fraction of sp³-hybridized carbons (Fsp3) is 0.333. The molecule has 0 spiro atoms. The van der Waals surface area contributed by atoms with Crippen molar-refractivity contribution in [2.75, 3.05) is 5.32 Å². The molecule has 0 saturated carbocycles. The van der Waals surface area contributed by atoms with Crippen LogP contribution in [-0.4, -0.2) is 25.8 Å². The standard InChI is InChI=1S/C21H25N5O2/c1-13-17(14(2)26(6)24-13)11-12-18(27)22-16-9-7-15(8-10-16)19-23-20(28-25-19)21(3,4)5/h7-12H,1-6H3,(H,22,27). The largest absolute Gasteiger partial charge is 0.338 e. The average Bonchev–Trinajstić information content (AvgIpc) is 3.20. The quantitative estimate of drug-likeness (QED) is 0.692. The van der Waals surface area contributed by atoms with Gasteiger partial charge in [-0.25, -0.2) is 0 Å². The number of nitrogens with one attached hydrogen (secondary N) is 1. The SMILES string of the molecule is Cc1nn(C)c(C)c1C=CC(=O)Nc1ccc(-c2noc(C(C)(C)C)n2)cc1. The summed E-state index contributed by atoms with van der Waals surface area (Å²) in [7, 11) is 1.88. The molecule has 1 aromatic carbocycles. The number of hydrogen-bond acceptors (Lipinski definition) is 5. The highest BCUT2D eigenvalue weighted by Crippen LogP contribution is 2.24. The summed E-state index contributed by atoms with van der Waals surface area (Å²) in [5, 5.41) is 11.2. The number of benzene rings is 1. The minimum absolute atomic E-state index is 0.198. The van der Waals surface area contributed by atoms with E-state index in [9.17, 15) is 4.79 Å². The third-order valence-electron chi connectivity index (χ3n) is 4.44. The first-order valence-corrected chi connectivity index (χ1v) is 9.09. The molecule has 0 aliphatic carbocycles. The van der Waals surface area contributed by atoms with Crippen molar-refractivity contribution in [2.24, 2.45) is 7.05 Å². The molecule has 0 fully saturated rings. The van der Waals surface area contributed by atoms with Crippen LogP contribution in [-0.2, 0) is 17.3 Å². The van der Waals surface area contributed by atoms with E-state index in [4.69, 9.17) is 4.52 Å². The van der Waals surface area contributed by atoms with Gasteiger partial charge >= 0.3 is 0 Å². The lowest BCUT2D eigenvalue weighted by Crippen LogP contribution is -2.11. The lowest BCUT2D eigenvalue weighted by atomic mass is 9.97. The van der Waals surface area contributed by atoms with E-state index >= 15 is 0 Å². The number of nitrogens with zero attached hydrogens (tertiary/aromatic N) is 4. The summed E-state index contributed by atoms with van der Waals surface area (Å²) in [6.45, 7) is 9.95. The normalized spacial score (nSPS) is 11.9. The molecule has 1 amide bonds. The maximum absolute atomic E-state index is 12.2. The monoisotopic (exact) mass is 379 g/mol. The number of amides is 1. The molecule has 1 N–H and O–H groups in total. The van der Waals surface area contributed by atoms with Crippen LogP contribution in [0.2, 0.25) is 0 Å². The summed E-state index contributed by atoms with van der Waals surface area (Å²) in [5.74, 6) is 0.918. The first-order valence-electron chi connectivity index (χ1n) is 9.09. The zero-order chi connectivity index (χ0) is 20.5. The van der Waals surface area contributed by atoms with E-state index in [2.05, 4.69) is 20.6 Å². The van der Waals surface area contributed by atoms with Crippen LogP contribution in [0.25, 0.3) is 17.5 Å². The van der Waals surface area contributed by atoms with E-state index in [1.165, 1.54) is 6.08 Å². The molecule has 0 aliphatic rings. The first kappa shape index (κ1) is 19.5. The van der Waals surface area contributed by atoms with Crippen LogP contribution in [0.1, 0.15) is 43.6 Å². The highest BCUT2D eigenvalue weighted by molar-refractivity contribution is 6.02. The molecule has 2 heterocycles. The molecular formula is C21H25N5O2. The Morgan fingerprint density at radius 1 is 1.18 bits per heavy atom. The molecule has 7 heteroatoms. The molecule has 28 heavy (non-hydrogen) atoms. The van der Waals surface area contributed by atoms with Crippen LogP contribution in [0.3, 0.4) is 0 Å². The lowest BCUT2D eigenvalue weighted by Gasteiger charge is -2.10. The second kappa shape index (κ2) is 7.42. The van der Waals surface area contributed by atoms with Crippen LogP contribution in [0.4, 0.5) is 5.69 Å². The third kappa shape index (κ3) is 4.19. The van der Waals surface area contributed by atoms with Gasteiger partial charge in [0.2, 0.25) is 17.6 Å². The van der Waals surface area contributed by atoms with Gasteiger partial charge in [-0.15, -0.1) is 0 Å². The van der Waals surface area contributed by atoms with Crippen LogP contribution in [0.5, 0.6) is 0 Å². The number of aryl methyl sites for hydroxylation is 2. The number of carbonyl (C=O) groups excluding carboxylic acids is 1. The molecule has 7 nitrogen and oxygen atoms in total. The number of anilines is 1. The number of hydrogen-bond donors (Lipinski definition) is 1. The molecule has 0 saturated heterocycles. The van der Waals surface area contributed by atoms with Crippen molar-refractivity contribution in [2.45, 2.75) is 40.0 Å². The molecule has 0 radical (unpaired) electrons. The van der Waals surface area contributed by atoms with Gasteiger partial charge < -0.3 is 9.84 Å². The smallest absolute Gasteiger partial charge is 0.248 e. The Balaban J connectivity index is 1.68. The molecule has 0 atom stereocenters. The zero-order valence-corrected chi connectivity index (χ0v) is 17.1. The average molecular weight is 379 g/mol. The highest BCUT2D eigenvalue weighted by Gasteiger charge is 2.22.